The smallest absolute Gasteiger partial charge is 0.331 e. The van der Waals surface area contributed by atoms with E-state index in [0.717, 1.165) is 36.8 Å². The van der Waals surface area contributed by atoms with E-state index in [4.69, 9.17) is 4.74 Å². The maximum absolute atomic E-state index is 13.6. The molecule has 2 aliphatic heterocycles. The average Bonchev–Trinajstić information content (AvgIpc) is 3.44. The van der Waals surface area contributed by atoms with Gasteiger partial charge in [-0.15, -0.1) is 0 Å². The number of nitrogens with one attached hydrogen (secondary N) is 3. The number of aryl methyl sites for hydroxylation is 1. The number of esters is 1. The number of aliphatic imine (C=N–C) groups is 1. The first-order valence-corrected chi connectivity index (χ1v) is 11.4. The number of pyridine rings is 1. The van der Waals surface area contributed by atoms with E-state index < -0.39 is 23.3 Å². The maximum atomic E-state index is 13.6. The van der Waals surface area contributed by atoms with E-state index >= 15 is 0 Å². The molecule has 9 heteroatoms. The van der Waals surface area contributed by atoms with Crippen LogP contribution in [-0.2, 0) is 21.6 Å². The van der Waals surface area contributed by atoms with Crippen molar-refractivity contribution in [3.63, 3.8) is 0 Å². The Labute approximate surface area is 191 Å². The highest BCUT2D eigenvalue weighted by Gasteiger charge is 2.46. The molecular formula is C24H29N5O4. The second-order valence-electron chi connectivity index (χ2n) is 10.2. The molecule has 1 atom stereocenters. The van der Waals surface area contributed by atoms with Gasteiger partial charge in [-0.2, -0.15) is 0 Å². The zero-order chi connectivity index (χ0) is 23.5. The fraction of sp³-hybridized carbons (Fsp3) is 0.500. The highest BCUT2D eigenvalue weighted by molar-refractivity contribution is 6.11. The monoisotopic (exact) mass is 451 g/mol. The van der Waals surface area contributed by atoms with E-state index in [1.165, 1.54) is 0 Å². The Balaban J connectivity index is 1.55. The van der Waals surface area contributed by atoms with Gasteiger partial charge >= 0.3 is 5.97 Å². The third-order valence-electron chi connectivity index (χ3n) is 6.53. The minimum Gasteiger partial charge on any atom is -0.458 e. The molecule has 1 unspecified atom stereocenters. The molecular weight excluding hydrogens is 422 g/mol. The number of rotatable bonds is 2. The summed E-state index contributed by atoms with van der Waals surface area (Å²) < 4.78 is 7.18. The van der Waals surface area contributed by atoms with Crippen LogP contribution in [0.5, 0.6) is 0 Å². The lowest BCUT2D eigenvalue weighted by molar-refractivity contribution is -0.156. The van der Waals surface area contributed by atoms with E-state index in [1.54, 1.807) is 16.8 Å². The van der Waals surface area contributed by atoms with Gasteiger partial charge in [-0.25, -0.2) is 4.79 Å². The standard InChI is InChI=1S/C24H29N5O4/c1-13-9-16(21(31)29-18(13)20(30)28-24(29)7-5-6-8-24)26-19-15-12-25-11-14(15)10-17(27-19)22(32)33-23(2,3)4/h9,11-12,17,25H,5-8,10H2,1-4H3,(H,26,27)(H,28,30). The van der Waals surface area contributed by atoms with Gasteiger partial charge in [-0.05, 0) is 70.6 Å². The summed E-state index contributed by atoms with van der Waals surface area (Å²) in [4.78, 5) is 46.7. The van der Waals surface area contributed by atoms with Crippen LogP contribution in [0.2, 0.25) is 0 Å². The number of hydrogen-bond donors (Lipinski definition) is 3. The molecule has 174 valence electrons. The predicted octanol–water partition coefficient (Wildman–Crippen LogP) is 2.58. The Morgan fingerprint density at radius 1 is 1.24 bits per heavy atom. The van der Waals surface area contributed by atoms with Crippen molar-refractivity contribution in [1.82, 2.24) is 14.9 Å². The van der Waals surface area contributed by atoms with Gasteiger partial charge < -0.3 is 20.4 Å². The van der Waals surface area contributed by atoms with Crippen molar-refractivity contribution in [1.29, 1.82) is 0 Å². The number of fused-ring (bicyclic) bond motifs is 3. The van der Waals surface area contributed by atoms with Crippen LogP contribution in [-0.4, -0.2) is 38.9 Å². The maximum Gasteiger partial charge on any atom is 0.331 e. The molecule has 2 aromatic rings. The number of amidine groups is 1. The summed E-state index contributed by atoms with van der Waals surface area (Å²) in [7, 11) is 0. The van der Waals surface area contributed by atoms with Crippen molar-refractivity contribution < 1.29 is 14.3 Å². The van der Waals surface area contributed by atoms with Gasteiger partial charge in [0.25, 0.3) is 11.5 Å². The summed E-state index contributed by atoms with van der Waals surface area (Å²) in [6, 6.07) is 0.978. The van der Waals surface area contributed by atoms with Crippen molar-refractivity contribution in [3.8, 4) is 0 Å². The zero-order valence-corrected chi connectivity index (χ0v) is 19.4. The topological polar surface area (TPSA) is 118 Å². The Hall–Kier alpha value is -3.36. The average molecular weight is 452 g/mol. The van der Waals surface area contributed by atoms with Crippen LogP contribution in [0.15, 0.2) is 28.2 Å². The SMILES string of the molecule is Cc1cc(NC2=NC(C(=O)OC(C)(C)C)Cc3c[nH]cc32)c(=O)n2c1C(=O)NC21CCCC1. The Kier molecular flexibility index (Phi) is 4.77. The molecule has 3 aliphatic rings. The van der Waals surface area contributed by atoms with Crippen molar-refractivity contribution in [3.05, 3.63) is 51.2 Å². The Morgan fingerprint density at radius 3 is 2.67 bits per heavy atom. The molecule has 3 N–H and O–H groups in total. The second kappa shape index (κ2) is 7.33. The first-order chi connectivity index (χ1) is 15.6. The minimum absolute atomic E-state index is 0.203. The number of H-pyrrole nitrogens is 1. The number of hydrogen-bond acceptors (Lipinski definition) is 6. The van der Waals surface area contributed by atoms with E-state index in [2.05, 4.69) is 20.6 Å². The van der Waals surface area contributed by atoms with Crippen molar-refractivity contribution in [2.45, 2.75) is 77.1 Å². The summed E-state index contributed by atoms with van der Waals surface area (Å²) in [5.74, 6) is -0.177. The number of amides is 1. The number of aromatic amines is 1. The van der Waals surface area contributed by atoms with Crippen LogP contribution in [0.1, 0.15) is 73.6 Å². The second-order valence-corrected chi connectivity index (χ2v) is 10.2. The van der Waals surface area contributed by atoms with E-state index in [-0.39, 0.29) is 11.5 Å². The highest BCUT2D eigenvalue weighted by Crippen LogP contribution is 2.38. The molecule has 4 heterocycles. The van der Waals surface area contributed by atoms with Gasteiger partial charge in [0, 0.05) is 24.4 Å². The number of carbonyl (C=O) groups excluding carboxylic acids is 2. The van der Waals surface area contributed by atoms with Gasteiger partial charge in [0.1, 0.15) is 28.5 Å². The van der Waals surface area contributed by atoms with Crippen LogP contribution in [0.25, 0.3) is 0 Å². The number of anilines is 1. The molecule has 2 aromatic heterocycles. The molecule has 1 amide bonds. The molecule has 1 aliphatic carbocycles. The molecule has 0 aromatic carbocycles. The summed E-state index contributed by atoms with van der Waals surface area (Å²) >= 11 is 0. The molecule has 1 spiro atoms. The largest absolute Gasteiger partial charge is 0.458 e. The van der Waals surface area contributed by atoms with Gasteiger partial charge in [0.2, 0.25) is 0 Å². The lowest BCUT2D eigenvalue weighted by atomic mass is 10.0. The van der Waals surface area contributed by atoms with E-state index in [1.807, 2.05) is 33.9 Å². The predicted molar refractivity (Wildman–Crippen MR) is 124 cm³/mol. The Bertz CT molecular complexity index is 1240. The lowest BCUT2D eigenvalue weighted by Gasteiger charge is -2.27. The molecule has 0 bridgehead atoms. The lowest BCUT2D eigenvalue weighted by Crippen LogP contribution is -2.45. The van der Waals surface area contributed by atoms with Gasteiger partial charge in [-0.3, -0.25) is 19.1 Å². The first-order valence-electron chi connectivity index (χ1n) is 11.4. The van der Waals surface area contributed by atoms with Crippen LogP contribution in [0.4, 0.5) is 5.69 Å². The third-order valence-corrected chi connectivity index (χ3v) is 6.53. The fourth-order valence-corrected chi connectivity index (χ4v) is 5.16. The van der Waals surface area contributed by atoms with Crippen molar-refractivity contribution >= 4 is 23.4 Å². The molecule has 1 fully saturated rings. The first kappa shape index (κ1) is 21.5. The highest BCUT2D eigenvalue weighted by atomic mass is 16.6. The van der Waals surface area contributed by atoms with Crippen LogP contribution in [0, 0.1) is 6.92 Å². The summed E-state index contributed by atoms with van der Waals surface area (Å²) in [6.45, 7) is 7.29. The van der Waals surface area contributed by atoms with Crippen LogP contribution >= 0.6 is 0 Å². The van der Waals surface area contributed by atoms with Gasteiger partial charge in [0.15, 0.2) is 6.04 Å². The molecule has 9 nitrogen and oxygen atoms in total. The molecule has 0 radical (unpaired) electrons. The quantitative estimate of drug-likeness (QED) is 0.607. The third kappa shape index (κ3) is 3.55. The molecule has 5 rings (SSSR count). The van der Waals surface area contributed by atoms with Crippen LogP contribution in [0.3, 0.4) is 0 Å². The minimum atomic E-state index is -0.710. The summed E-state index contributed by atoms with van der Waals surface area (Å²) in [5.41, 5.74) is 1.65. The van der Waals surface area contributed by atoms with E-state index in [0.29, 0.717) is 29.2 Å². The molecule has 0 saturated heterocycles. The zero-order valence-electron chi connectivity index (χ0n) is 19.4. The summed E-state index contributed by atoms with van der Waals surface area (Å²) in [6.07, 6.45) is 7.44. The number of nitrogens with zero attached hydrogens (tertiary/aromatic N) is 2. The van der Waals surface area contributed by atoms with Crippen molar-refractivity contribution in [2.24, 2.45) is 4.99 Å². The van der Waals surface area contributed by atoms with E-state index in [9.17, 15) is 14.4 Å². The Morgan fingerprint density at radius 2 is 1.97 bits per heavy atom. The van der Waals surface area contributed by atoms with Crippen molar-refractivity contribution in [2.75, 3.05) is 5.32 Å². The van der Waals surface area contributed by atoms with Crippen LogP contribution < -0.4 is 16.2 Å². The molecule has 1 saturated carbocycles. The fourth-order valence-electron chi connectivity index (χ4n) is 5.16. The number of aromatic nitrogens is 2. The van der Waals surface area contributed by atoms with Gasteiger partial charge in [-0.1, -0.05) is 0 Å². The number of ether oxygens (including phenoxy) is 1. The van der Waals surface area contributed by atoms with Gasteiger partial charge in [0.05, 0.1) is 0 Å². The number of carbonyl (C=O) groups is 2. The molecule has 33 heavy (non-hydrogen) atoms. The summed E-state index contributed by atoms with van der Waals surface area (Å²) in [5, 5.41) is 6.24. The normalized spacial score (nSPS) is 20.8.